The van der Waals surface area contributed by atoms with Gasteiger partial charge in [0.2, 0.25) is 0 Å². The largest absolute Gasteiger partial charge is 0.495 e. The molecule has 0 radical (unpaired) electrons. The quantitative estimate of drug-likeness (QED) is 0.657. The number of methoxy groups -OCH3 is 1. The third kappa shape index (κ3) is 3.25. The number of benzene rings is 1. The van der Waals surface area contributed by atoms with E-state index in [1.54, 1.807) is 37.7 Å². The van der Waals surface area contributed by atoms with Crippen molar-refractivity contribution in [1.29, 1.82) is 0 Å². The van der Waals surface area contributed by atoms with Crippen LogP contribution in [0.2, 0.25) is 5.02 Å². The summed E-state index contributed by atoms with van der Waals surface area (Å²) in [4.78, 5) is 4.06. The number of aromatic nitrogens is 1. The summed E-state index contributed by atoms with van der Waals surface area (Å²) in [7, 11) is 1.55. The first-order valence-corrected chi connectivity index (χ1v) is 6.41. The zero-order valence-electron chi connectivity index (χ0n) is 10.9. The van der Waals surface area contributed by atoms with Crippen LogP contribution in [0.1, 0.15) is 17.2 Å². The van der Waals surface area contributed by atoms with E-state index < -0.39 is 0 Å². The molecule has 2 aromatic rings. The molecule has 0 bridgehead atoms. The minimum Gasteiger partial charge on any atom is -0.495 e. The van der Waals surface area contributed by atoms with Gasteiger partial charge in [0, 0.05) is 16.8 Å². The normalized spacial score (nSPS) is 12.2. The van der Waals surface area contributed by atoms with Crippen LogP contribution in [-0.4, -0.2) is 12.1 Å². The van der Waals surface area contributed by atoms with Crippen molar-refractivity contribution in [3.63, 3.8) is 0 Å². The fraction of sp³-hybridized carbons (Fsp3) is 0.214. The van der Waals surface area contributed by atoms with Crippen LogP contribution >= 0.6 is 11.6 Å². The van der Waals surface area contributed by atoms with E-state index in [0.717, 1.165) is 5.56 Å². The molecule has 0 aliphatic rings. The van der Waals surface area contributed by atoms with Crippen LogP contribution < -0.4 is 16.0 Å². The Morgan fingerprint density at radius 3 is 2.90 bits per heavy atom. The third-order valence-electron chi connectivity index (χ3n) is 3.04. The van der Waals surface area contributed by atoms with E-state index in [-0.39, 0.29) is 11.9 Å². The third-order valence-corrected chi connectivity index (χ3v) is 3.40. The molecule has 6 heteroatoms. The number of nitrogens with one attached hydrogen (secondary N) is 1. The van der Waals surface area contributed by atoms with Crippen LogP contribution in [0.25, 0.3) is 0 Å². The van der Waals surface area contributed by atoms with E-state index in [1.807, 2.05) is 0 Å². The average Bonchev–Trinajstić information content (AvgIpc) is 2.47. The van der Waals surface area contributed by atoms with Gasteiger partial charge in [-0.25, -0.2) is 4.39 Å². The van der Waals surface area contributed by atoms with Gasteiger partial charge in [-0.1, -0.05) is 17.7 Å². The number of rotatable bonds is 5. The molecule has 20 heavy (non-hydrogen) atoms. The van der Waals surface area contributed by atoms with E-state index in [2.05, 4.69) is 10.4 Å². The first-order valence-electron chi connectivity index (χ1n) is 6.03. The number of ether oxygens (including phenoxy) is 1. The summed E-state index contributed by atoms with van der Waals surface area (Å²) in [6.45, 7) is 0. The Morgan fingerprint density at radius 2 is 2.25 bits per heavy atom. The molecule has 0 aliphatic heterocycles. The summed E-state index contributed by atoms with van der Waals surface area (Å²) in [5, 5.41) is 0.376. The molecular formula is C14H15ClFN3O. The van der Waals surface area contributed by atoms with Crippen LogP contribution in [0.5, 0.6) is 5.75 Å². The van der Waals surface area contributed by atoms with Crippen molar-refractivity contribution < 1.29 is 9.13 Å². The lowest BCUT2D eigenvalue weighted by Gasteiger charge is -2.17. The van der Waals surface area contributed by atoms with Gasteiger partial charge >= 0.3 is 0 Å². The molecule has 0 amide bonds. The zero-order valence-corrected chi connectivity index (χ0v) is 11.7. The molecule has 1 heterocycles. The molecule has 1 atom stereocenters. The highest BCUT2D eigenvalue weighted by Crippen LogP contribution is 2.26. The second-order valence-corrected chi connectivity index (χ2v) is 4.69. The molecule has 3 N–H and O–H groups in total. The summed E-state index contributed by atoms with van der Waals surface area (Å²) >= 11 is 6.03. The number of hydrazine groups is 1. The minimum absolute atomic E-state index is 0.313. The highest BCUT2D eigenvalue weighted by molar-refractivity contribution is 6.31. The fourth-order valence-corrected chi connectivity index (χ4v) is 2.18. The number of pyridine rings is 1. The average molecular weight is 296 g/mol. The Kier molecular flexibility index (Phi) is 4.89. The Morgan fingerprint density at radius 1 is 1.45 bits per heavy atom. The molecule has 0 saturated carbocycles. The van der Waals surface area contributed by atoms with Gasteiger partial charge in [0.15, 0.2) is 0 Å². The first-order chi connectivity index (χ1) is 9.65. The fourth-order valence-electron chi connectivity index (χ4n) is 1.94. The van der Waals surface area contributed by atoms with Gasteiger partial charge in [-0.2, -0.15) is 0 Å². The Labute approximate surface area is 121 Å². The van der Waals surface area contributed by atoms with Gasteiger partial charge in [-0.05, 0) is 30.2 Å². The molecular weight excluding hydrogens is 281 g/mol. The van der Waals surface area contributed by atoms with Gasteiger partial charge in [-0.15, -0.1) is 0 Å². The Balaban J connectivity index is 2.29. The molecule has 4 nitrogen and oxygen atoms in total. The standard InChI is InChI=1S/C14H15ClFN3O/c1-20-10-5-9(7-18-8-10)14(19-17)6-11-12(15)3-2-4-13(11)16/h2-5,7-8,14,19H,6,17H2,1H3. The van der Waals surface area contributed by atoms with Crippen molar-refractivity contribution >= 4 is 11.6 Å². The van der Waals surface area contributed by atoms with E-state index >= 15 is 0 Å². The molecule has 0 aliphatic carbocycles. The molecule has 0 saturated heterocycles. The number of halogens is 2. The van der Waals surface area contributed by atoms with Gasteiger partial charge in [-0.3, -0.25) is 16.3 Å². The Bertz CT molecular complexity index is 574. The lowest BCUT2D eigenvalue weighted by molar-refractivity contribution is 0.410. The van der Waals surface area contributed by atoms with Gasteiger partial charge < -0.3 is 4.74 Å². The number of nitrogens with two attached hydrogens (primary N) is 1. The van der Waals surface area contributed by atoms with Crippen molar-refractivity contribution in [3.05, 3.63) is 58.6 Å². The SMILES string of the molecule is COc1cncc(C(Cc2c(F)cccc2Cl)NN)c1. The van der Waals surface area contributed by atoms with Crippen molar-refractivity contribution in [2.24, 2.45) is 5.84 Å². The molecule has 1 aromatic carbocycles. The Hall–Kier alpha value is -1.69. The zero-order chi connectivity index (χ0) is 14.5. The maximum absolute atomic E-state index is 13.8. The maximum atomic E-state index is 13.8. The molecule has 1 unspecified atom stereocenters. The van der Waals surface area contributed by atoms with Crippen molar-refractivity contribution in [2.45, 2.75) is 12.5 Å². The highest BCUT2D eigenvalue weighted by atomic mass is 35.5. The van der Waals surface area contributed by atoms with Crippen molar-refractivity contribution in [1.82, 2.24) is 10.4 Å². The summed E-state index contributed by atoms with van der Waals surface area (Å²) in [5.74, 6) is 5.82. The lowest BCUT2D eigenvalue weighted by Crippen LogP contribution is -2.30. The summed E-state index contributed by atoms with van der Waals surface area (Å²) in [5.41, 5.74) is 3.87. The topological polar surface area (TPSA) is 60.2 Å². The van der Waals surface area contributed by atoms with Gasteiger partial charge in [0.05, 0.1) is 19.3 Å². The van der Waals surface area contributed by atoms with Crippen LogP contribution in [0.3, 0.4) is 0 Å². The predicted molar refractivity (Wildman–Crippen MR) is 76.0 cm³/mol. The van der Waals surface area contributed by atoms with Crippen LogP contribution in [0.4, 0.5) is 4.39 Å². The van der Waals surface area contributed by atoms with Crippen LogP contribution in [0.15, 0.2) is 36.7 Å². The molecule has 0 fully saturated rings. The van der Waals surface area contributed by atoms with E-state index in [9.17, 15) is 4.39 Å². The van der Waals surface area contributed by atoms with Crippen molar-refractivity contribution in [2.75, 3.05) is 7.11 Å². The smallest absolute Gasteiger partial charge is 0.137 e. The highest BCUT2D eigenvalue weighted by Gasteiger charge is 2.16. The summed E-state index contributed by atoms with van der Waals surface area (Å²) < 4.78 is 18.9. The van der Waals surface area contributed by atoms with Gasteiger partial charge in [0.25, 0.3) is 0 Å². The molecule has 106 valence electrons. The van der Waals surface area contributed by atoms with E-state index in [1.165, 1.54) is 6.07 Å². The van der Waals surface area contributed by atoms with Gasteiger partial charge in [0.1, 0.15) is 11.6 Å². The number of hydrogen-bond donors (Lipinski definition) is 2. The number of hydrogen-bond acceptors (Lipinski definition) is 4. The van der Waals surface area contributed by atoms with E-state index in [4.69, 9.17) is 22.2 Å². The monoisotopic (exact) mass is 295 g/mol. The molecule has 1 aromatic heterocycles. The van der Waals surface area contributed by atoms with E-state index in [0.29, 0.717) is 22.8 Å². The summed E-state index contributed by atoms with van der Waals surface area (Å²) in [6, 6.07) is 6.08. The second-order valence-electron chi connectivity index (χ2n) is 4.28. The lowest BCUT2D eigenvalue weighted by atomic mass is 10.00. The van der Waals surface area contributed by atoms with Crippen LogP contribution in [0, 0.1) is 5.82 Å². The number of nitrogens with zero attached hydrogens (tertiary/aromatic N) is 1. The first kappa shape index (κ1) is 14.7. The molecule has 2 rings (SSSR count). The predicted octanol–water partition coefficient (Wildman–Crippen LogP) is 2.63. The summed E-state index contributed by atoms with van der Waals surface area (Å²) in [6.07, 6.45) is 3.56. The van der Waals surface area contributed by atoms with Crippen LogP contribution in [-0.2, 0) is 6.42 Å². The molecule has 0 spiro atoms. The van der Waals surface area contributed by atoms with Crippen molar-refractivity contribution in [3.8, 4) is 5.75 Å². The minimum atomic E-state index is -0.353. The second kappa shape index (κ2) is 6.65. The maximum Gasteiger partial charge on any atom is 0.137 e.